The van der Waals surface area contributed by atoms with Gasteiger partial charge in [0.15, 0.2) is 0 Å². The maximum absolute atomic E-state index is 10.5. The zero-order chi connectivity index (χ0) is 22.6. The molecular formula is C30H52O. The van der Waals surface area contributed by atoms with Crippen LogP contribution in [0.2, 0.25) is 0 Å². The highest BCUT2D eigenvalue weighted by Gasteiger charge is 2.59. The molecule has 0 radical (unpaired) electrons. The maximum atomic E-state index is 10.5. The topological polar surface area (TPSA) is 20.2 Å². The predicted molar refractivity (Wildman–Crippen MR) is 133 cm³/mol. The predicted octanol–water partition coefficient (Wildman–Crippen LogP) is 8.27. The molecule has 0 aromatic carbocycles. The van der Waals surface area contributed by atoms with Crippen molar-refractivity contribution in [2.75, 3.05) is 0 Å². The molecule has 10 atom stereocenters. The molecule has 0 heterocycles. The number of fused-ring (bicyclic) bond motifs is 5. The van der Waals surface area contributed by atoms with Gasteiger partial charge < -0.3 is 5.11 Å². The Kier molecular flexibility index (Phi) is 6.78. The van der Waals surface area contributed by atoms with E-state index in [1.165, 1.54) is 57.8 Å². The molecule has 0 aliphatic heterocycles. The second-order valence-electron chi connectivity index (χ2n) is 13.3. The average molecular weight is 429 g/mol. The van der Waals surface area contributed by atoms with Crippen molar-refractivity contribution in [3.8, 4) is 0 Å². The van der Waals surface area contributed by atoms with Gasteiger partial charge in [0.25, 0.3) is 0 Å². The molecule has 4 aliphatic rings. The molecule has 1 heteroatoms. The van der Waals surface area contributed by atoms with Gasteiger partial charge in [-0.2, -0.15) is 0 Å². The molecule has 0 amide bonds. The van der Waals surface area contributed by atoms with Gasteiger partial charge >= 0.3 is 0 Å². The molecule has 1 N–H and O–H groups in total. The molecule has 4 aliphatic carbocycles. The first-order valence-corrected chi connectivity index (χ1v) is 14.0. The Hall–Kier alpha value is -0.300. The van der Waals surface area contributed by atoms with Crippen LogP contribution in [0, 0.1) is 58.2 Å². The van der Waals surface area contributed by atoms with E-state index >= 15 is 0 Å². The third-order valence-corrected chi connectivity index (χ3v) is 11.8. The minimum atomic E-state index is -0.0728. The van der Waals surface area contributed by atoms with Gasteiger partial charge in [-0.3, -0.25) is 0 Å². The average Bonchev–Trinajstić information content (AvgIpc) is 3.08. The SMILES string of the molecule is CCC(CC[C@@H](C)[C@H]1CC[C@H]2C3=CCC4C(C)[C@@H](O)CC[C@]4(C)[C@H]3CC[C@]12C)C(C)C. The van der Waals surface area contributed by atoms with Gasteiger partial charge in [-0.1, -0.05) is 73.0 Å². The van der Waals surface area contributed by atoms with E-state index in [1.54, 1.807) is 0 Å². The fourth-order valence-electron chi connectivity index (χ4n) is 9.61. The third kappa shape index (κ3) is 3.87. The minimum absolute atomic E-state index is 0.0728. The quantitative estimate of drug-likeness (QED) is 0.422. The van der Waals surface area contributed by atoms with Gasteiger partial charge in [0, 0.05) is 0 Å². The Morgan fingerprint density at radius 1 is 0.968 bits per heavy atom. The molecule has 0 aromatic rings. The van der Waals surface area contributed by atoms with Gasteiger partial charge in [0.05, 0.1) is 6.10 Å². The monoisotopic (exact) mass is 428 g/mol. The summed E-state index contributed by atoms with van der Waals surface area (Å²) in [6, 6.07) is 0. The van der Waals surface area contributed by atoms with Crippen LogP contribution in [-0.4, -0.2) is 11.2 Å². The third-order valence-electron chi connectivity index (χ3n) is 11.8. The Bertz CT molecular complexity index is 663. The van der Waals surface area contributed by atoms with Gasteiger partial charge in [-0.05, 0) is 110 Å². The van der Waals surface area contributed by atoms with Gasteiger partial charge in [0.1, 0.15) is 0 Å². The fraction of sp³-hybridized carbons (Fsp3) is 0.933. The standard InChI is InChI=1S/C30H52O/c1-8-22(19(2)3)10-9-20(4)24-13-14-26-23-11-12-25-21(5)28(31)16-18-30(25,7)27(23)15-17-29(24,26)6/h11,19-22,24-28,31H,8-10,12-18H2,1-7H3/t20-,21?,22?,24-,25?,26+,27+,28+,29-,30+/m1/s1. The summed E-state index contributed by atoms with van der Waals surface area (Å²) in [5.41, 5.74) is 2.84. The largest absolute Gasteiger partial charge is 0.393 e. The minimum Gasteiger partial charge on any atom is -0.393 e. The summed E-state index contributed by atoms with van der Waals surface area (Å²) in [6.45, 7) is 17.4. The Balaban J connectivity index is 1.50. The van der Waals surface area contributed by atoms with Crippen LogP contribution in [0.1, 0.15) is 113 Å². The number of hydrogen-bond acceptors (Lipinski definition) is 1. The zero-order valence-electron chi connectivity index (χ0n) is 21.8. The van der Waals surface area contributed by atoms with Crippen LogP contribution in [0.15, 0.2) is 11.6 Å². The summed E-state index contributed by atoms with van der Waals surface area (Å²) < 4.78 is 0. The molecule has 3 saturated carbocycles. The van der Waals surface area contributed by atoms with E-state index in [0.29, 0.717) is 22.7 Å². The van der Waals surface area contributed by atoms with Crippen LogP contribution < -0.4 is 0 Å². The lowest BCUT2D eigenvalue weighted by Crippen LogP contribution is -2.52. The zero-order valence-corrected chi connectivity index (χ0v) is 21.8. The van der Waals surface area contributed by atoms with Crippen LogP contribution >= 0.6 is 0 Å². The first-order valence-electron chi connectivity index (χ1n) is 14.0. The Morgan fingerprint density at radius 2 is 1.65 bits per heavy atom. The summed E-state index contributed by atoms with van der Waals surface area (Å²) in [6.07, 6.45) is 16.1. The van der Waals surface area contributed by atoms with E-state index in [1.807, 2.05) is 5.57 Å². The smallest absolute Gasteiger partial charge is 0.0568 e. The molecule has 3 fully saturated rings. The summed E-state index contributed by atoms with van der Waals surface area (Å²) in [7, 11) is 0. The summed E-state index contributed by atoms with van der Waals surface area (Å²) >= 11 is 0. The molecule has 178 valence electrons. The van der Waals surface area contributed by atoms with Crippen molar-refractivity contribution in [1.82, 2.24) is 0 Å². The van der Waals surface area contributed by atoms with Crippen molar-refractivity contribution in [2.45, 2.75) is 119 Å². The highest BCUT2D eigenvalue weighted by atomic mass is 16.3. The molecule has 0 spiro atoms. The van der Waals surface area contributed by atoms with Crippen molar-refractivity contribution in [1.29, 1.82) is 0 Å². The van der Waals surface area contributed by atoms with Crippen LogP contribution in [0.25, 0.3) is 0 Å². The van der Waals surface area contributed by atoms with E-state index in [4.69, 9.17) is 0 Å². The second-order valence-corrected chi connectivity index (χ2v) is 13.3. The first kappa shape index (κ1) is 23.8. The van der Waals surface area contributed by atoms with E-state index in [-0.39, 0.29) is 6.10 Å². The number of aliphatic hydroxyl groups excluding tert-OH is 1. The van der Waals surface area contributed by atoms with Crippen molar-refractivity contribution in [3.05, 3.63) is 11.6 Å². The summed E-state index contributed by atoms with van der Waals surface area (Å²) in [5, 5.41) is 10.5. The second kappa shape index (κ2) is 8.81. The van der Waals surface area contributed by atoms with Crippen LogP contribution in [0.5, 0.6) is 0 Å². The Labute approximate surface area is 193 Å². The number of allylic oxidation sites excluding steroid dienone is 2. The van der Waals surface area contributed by atoms with Crippen molar-refractivity contribution < 1.29 is 5.11 Å². The highest BCUT2D eigenvalue weighted by molar-refractivity contribution is 5.28. The lowest BCUT2D eigenvalue weighted by molar-refractivity contribution is -0.0774. The molecule has 1 nitrogen and oxygen atoms in total. The fourth-order valence-corrected chi connectivity index (χ4v) is 9.61. The van der Waals surface area contributed by atoms with Crippen LogP contribution in [-0.2, 0) is 0 Å². The number of aliphatic hydroxyl groups is 1. The van der Waals surface area contributed by atoms with Crippen molar-refractivity contribution in [2.24, 2.45) is 58.2 Å². The highest BCUT2D eigenvalue weighted by Crippen LogP contribution is 2.67. The Morgan fingerprint density at radius 3 is 2.32 bits per heavy atom. The van der Waals surface area contributed by atoms with Gasteiger partial charge in [-0.15, -0.1) is 0 Å². The van der Waals surface area contributed by atoms with Gasteiger partial charge in [-0.25, -0.2) is 0 Å². The van der Waals surface area contributed by atoms with Crippen LogP contribution in [0.3, 0.4) is 0 Å². The van der Waals surface area contributed by atoms with E-state index in [9.17, 15) is 5.11 Å². The molecule has 0 saturated heterocycles. The van der Waals surface area contributed by atoms with Crippen molar-refractivity contribution in [3.63, 3.8) is 0 Å². The maximum Gasteiger partial charge on any atom is 0.0568 e. The molecular weight excluding hydrogens is 376 g/mol. The lowest BCUT2D eigenvalue weighted by Gasteiger charge is -2.59. The molecule has 0 bridgehead atoms. The van der Waals surface area contributed by atoms with Crippen molar-refractivity contribution >= 4 is 0 Å². The number of hydrogen-bond donors (Lipinski definition) is 1. The summed E-state index contributed by atoms with van der Waals surface area (Å²) in [5.74, 6) is 6.31. The van der Waals surface area contributed by atoms with E-state index in [2.05, 4.69) is 54.5 Å². The molecule has 0 aromatic heterocycles. The normalized spacial score (nSPS) is 46.7. The van der Waals surface area contributed by atoms with E-state index in [0.717, 1.165) is 41.9 Å². The molecule has 3 unspecified atom stereocenters. The first-order chi connectivity index (χ1) is 14.6. The van der Waals surface area contributed by atoms with Gasteiger partial charge in [0.2, 0.25) is 0 Å². The molecule has 31 heavy (non-hydrogen) atoms. The number of rotatable bonds is 6. The van der Waals surface area contributed by atoms with E-state index < -0.39 is 0 Å². The van der Waals surface area contributed by atoms with Crippen LogP contribution in [0.4, 0.5) is 0 Å². The lowest BCUT2D eigenvalue weighted by atomic mass is 9.46. The summed E-state index contributed by atoms with van der Waals surface area (Å²) in [4.78, 5) is 0. The molecule has 4 rings (SSSR count).